The zero-order chi connectivity index (χ0) is 23.4. The monoisotopic (exact) mass is 441 g/mol. The highest BCUT2D eigenvalue weighted by atomic mass is 16.5. The number of nitrogens with zero attached hydrogens (tertiary/aromatic N) is 1. The van der Waals surface area contributed by atoms with Crippen LogP contribution in [0.2, 0.25) is 0 Å². The molecular formula is C23H23NO8. The Balaban J connectivity index is 2.25. The molecule has 9 heteroatoms. The number of likely N-dealkylation sites (tertiary alicyclic amines) is 1. The fourth-order valence-electron chi connectivity index (χ4n) is 3.68. The lowest BCUT2D eigenvalue weighted by molar-refractivity contribution is -0.142. The fourth-order valence-corrected chi connectivity index (χ4v) is 3.68. The van der Waals surface area contributed by atoms with Crippen molar-refractivity contribution in [3.05, 3.63) is 59.2 Å². The number of benzene rings is 2. The Kier molecular flexibility index (Phi) is 6.67. The van der Waals surface area contributed by atoms with E-state index in [4.69, 9.17) is 19.3 Å². The summed E-state index contributed by atoms with van der Waals surface area (Å²) in [7, 11) is 4.28. The van der Waals surface area contributed by atoms with E-state index in [1.165, 1.54) is 21.3 Å². The number of carboxylic acids is 1. The minimum atomic E-state index is -1.13. The fraction of sp³-hybridized carbons (Fsp3) is 0.261. The number of ketones is 1. The van der Waals surface area contributed by atoms with Gasteiger partial charge in [-0.2, -0.15) is 0 Å². The van der Waals surface area contributed by atoms with E-state index in [9.17, 15) is 19.5 Å². The summed E-state index contributed by atoms with van der Waals surface area (Å²) in [6.45, 7) is -0.229. The second-order valence-electron chi connectivity index (χ2n) is 6.96. The maximum Gasteiger partial charge on any atom is 0.305 e. The summed E-state index contributed by atoms with van der Waals surface area (Å²) < 4.78 is 16.1. The Morgan fingerprint density at radius 3 is 2.06 bits per heavy atom. The molecule has 0 bridgehead atoms. The molecule has 1 saturated heterocycles. The zero-order valence-corrected chi connectivity index (χ0v) is 17.8. The highest BCUT2D eigenvalue weighted by Gasteiger charge is 2.46. The first-order chi connectivity index (χ1) is 15.3. The molecule has 2 aromatic rings. The van der Waals surface area contributed by atoms with Crippen LogP contribution in [0.5, 0.6) is 17.2 Å². The molecule has 2 aromatic carbocycles. The highest BCUT2D eigenvalue weighted by Crippen LogP contribution is 2.45. The Labute approximate surface area is 184 Å². The number of carbonyl (C=O) groups excluding carboxylic acids is 2. The minimum Gasteiger partial charge on any atom is -0.507 e. The molecule has 168 valence electrons. The second kappa shape index (κ2) is 9.42. The number of ether oxygens (including phenoxy) is 3. The molecule has 1 heterocycles. The third-order valence-electron chi connectivity index (χ3n) is 5.16. The largest absolute Gasteiger partial charge is 0.507 e. The predicted molar refractivity (Wildman–Crippen MR) is 114 cm³/mol. The molecule has 0 spiro atoms. The van der Waals surface area contributed by atoms with Crippen LogP contribution in [0.4, 0.5) is 0 Å². The number of Topliss-reactive ketones (excluding diaryl/α,β-unsaturated/α-hetero) is 1. The first-order valence-corrected chi connectivity index (χ1v) is 9.69. The van der Waals surface area contributed by atoms with Gasteiger partial charge in [-0.15, -0.1) is 0 Å². The summed E-state index contributed by atoms with van der Waals surface area (Å²) in [6, 6.07) is 10.4. The standard InChI is InChI=1S/C23H23NO8/c1-30-15-11-14(12-16(31-2)22(15)32-3)19-18(20(27)13-7-5-4-6-8-13)21(28)23(29)24(19)10-9-17(25)26/h4-8,11-12,19,27H,9-10H2,1-3H3,(H,25,26)/t19-/m0/s1. The summed E-state index contributed by atoms with van der Waals surface area (Å²) in [5, 5.41) is 20.1. The first kappa shape index (κ1) is 22.7. The van der Waals surface area contributed by atoms with Crippen molar-refractivity contribution in [3.8, 4) is 17.2 Å². The molecule has 1 aliphatic heterocycles. The van der Waals surface area contributed by atoms with Crippen LogP contribution in [0.1, 0.15) is 23.6 Å². The maximum atomic E-state index is 12.9. The average Bonchev–Trinajstić information content (AvgIpc) is 3.06. The Bertz CT molecular complexity index is 1050. The summed E-state index contributed by atoms with van der Waals surface area (Å²) >= 11 is 0. The molecule has 32 heavy (non-hydrogen) atoms. The lowest BCUT2D eigenvalue weighted by atomic mass is 9.94. The molecule has 3 rings (SSSR count). The van der Waals surface area contributed by atoms with Gasteiger partial charge in [0.25, 0.3) is 11.7 Å². The number of hydrogen-bond donors (Lipinski definition) is 2. The van der Waals surface area contributed by atoms with Gasteiger partial charge >= 0.3 is 5.97 Å². The van der Waals surface area contributed by atoms with Gasteiger partial charge < -0.3 is 29.3 Å². The number of aliphatic hydroxyl groups is 1. The molecule has 0 aromatic heterocycles. The third-order valence-corrected chi connectivity index (χ3v) is 5.16. The smallest absolute Gasteiger partial charge is 0.305 e. The van der Waals surface area contributed by atoms with Crippen LogP contribution in [0.15, 0.2) is 48.0 Å². The van der Waals surface area contributed by atoms with Crippen molar-refractivity contribution in [2.24, 2.45) is 0 Å². The summed E-state index contributed by atoms with van der Waals surface area (Å²) in [5.74, 6) is -2.42. The van der Waals surface area contributed by atoms with Crippen molar-refractivity contribution in [3.63, 3.8) is 0 Å². The van der Waals surface area contributed by atoms with Crippen LogP contribution >= 0.6 is 0 Å². The molecule has 0 radical (unpaired) electrons. The number of carboxylic acid groups (broad SMARTS) is 1. The molecule has 0 unspecified atom stereocenters. The van der Waals surface area contributed by atoms with E-state index in [0.717, 1.165) is 4.90 Å². The summed E-state index contributed by atoms with van der Waals surface area (Å²) in [5.41, 5.74) is 0.587. The molecule has 2 N–H and O–H groups in total. The Morgan fingerprint density at radius 2 is 1.56 bits per heavy atom. The molecular weight excluding hydrogens is 418 g/mol. The Morgan fingerprint density at radius 1 is 0.969 bits per heavy atom. The van der Waals surface area contributed by atoms with Gasteiger partial charge in [-0.25, -0.2) is 0 Å². The molecule has 1 amide bonds. The van der Waals surface area contributed by atoms with Crippen LogP contribution in [0, 0.1) is 0 Å². The normalized spacial score (nSPS) is 17.3. The van der Waals surface area contributed by atoms with Gasteiger partial charge in [-0.1, -0.05) is 30.3 Å². The number of hydrogen-bond acceptors (Lipinski definition) is 7. The van der Waals surface area contributed by atoms with E-state index >= 15 is 0 Å². The molecule has 9 nitrogen and oxygen atoms in total. The molecule has 1 aliphatic rings. The topological polar surface area (TPSA) is 123 Å². The van der Waals surface area contributed by atoms with Crippen molar-refractivity contribution in [2.45, 2.75) is 12.5 Å². The van der Waals surface area contributed by atoms with E-state index < -0.39 is 23.7 Å². The summed E-state index contributed by atoms with van der Waals surface area (Å²) in [6.07, 6.45) is -0.376. The van der Waals surface area contributed by atoms with Crippen molar-refractivity contribution in [1.82, 2.24) is 4.90 Å². The lowest BCUT2D eigenvalue weighted by Gasteiger charge is -2.26. The number of aliphatic hydroxyl groups excluding tert-OH is 1. The van der Waals surface area contributed by atoms with Crippen LogP contribution in [0.3, 0.4) is 0 Å². The molecule has 1 atom stereocenters. The average molecular weight is 441 g/mol. The zero-order valence-electron chi connectivity index (χ0n) is 17.8. The molecule has 0 saturated carbocycles. The van der Waals surface area contributed by atoms with Crippen LogP contribution in [-0.2, 0) is 14.4 Å². The summed E-state index contributed by atoms with van der Waals surface area (Å²) in [4.78, 5) is 38.1. The lowest BCUT2D eigenvalue weighted by Crippen LogP contribution is -2.31. The van der Waals surface area contributed by atoms with E-state index in [1.807, 2.05) is 0 Å². The van der Waals surface area contributed by atoms with Crippen molar-refractivity contribution >= 4 is 23.4 Å². The van der Waals surface area contributed by atoms with Gasteiger partial charge in [0, 0.05) is 12.1 Å². The van der Waals surface area contributed by atoms with Crippen molar-refractivity contribution in [2.75, 3.05) is 27.9 Å². The van der Waals surface area contributed by atoms with E-state index in [2.05, 4.69) is 0 Å². The van der Waals surface area contributed by atoms with E-state index in [-0.39, 0.29) is 35.8 Å². The third kappa shape index (κ3) is 4.09. The van der Waals surface area contributed by atoms with Gasteiger partial charge in [0.2, 0.25) is 5.75 Å². The SMILES string of the molecule is COc1cc([C@H]2C(=C(O)c3ccccc3)C(=O)C(=O)N2CCC(=O)O)cc(OC)c1OC. The molecule has 0 aliphatic carbocycles. The van der Waals surface area contributed by atoms with Gasteiger partial charge in [0.15, 0.2) is 11.5 Å². The van der Waals surface area contributed by atoms with Crippen molar-refractivity contribution in [1.29, 1.82) is 0 Å². The first-order valence-electron chi connectivity index (χ1n) is 9.69. The predicted octanol–water partition coefficient (Wildman–Crippen LogP) is 2.61. The van der Waals surface area contributed by atoms with Crippen LogP contribution in [0.25, 0.3) is 5.76 Å². The van der Waals surface area contributed by atoms with E-state index in [0.29, 0.717) is 16.9 Å². The quantitative estimate of drug-likeness (QED) is 0.364. The number of aliphatic carboxylic acids is 1. The number of amides is 1. The van der Waals surface area contributed by atoms with Gasteiger partial charge in [-0.3, -0.25) is 14.4 Å². The van der Waals surface area contributed by atoms with Crippen LogP contribution < -0.4 is 14.2 Å². The van der Waals surface area contributed by atoms with Gasteiger partial charge in [-0.05, 0) is 17.7 Å². The number of rotatable bonds is 8. The minimum absolute atomic E-state index is 0.152. The number of methoxy groups -OCH3 is 3. The van der Waals surface area contributed by atoms with Crippen LogP contribution in [-0.4, -0.2) is 60.6 Å². The van der Waals surface area contributed by atoms with Gasteiger partial charge in [0.1, 0.15) is 5.76 Å². The Hall–Kier alpha value is -4.01. The van der Waals surface area contributed by atoms with E-state index in [1.54, 1.807) is 42.5 Å². The second-order valence-corrected chi connectivity index (χ2v) is 6.96. The highest BCUT2D eigenvalue weighted by molar-refractivity contribution is 6.46. The number of carbonyl (C=O) groups is 3. The van der Waals surface area contributed by atoms with Gasteiger partial charge in [0.05, 0.1) is 39.4 Å². The van der Waals surface area contributed by atoms with Crippen molar-refractivity contribution < 1.29 is 38.8 Å². The maximum absolute atomic E-state index is 12.9. The molecule has 1 fully saturated rings.